The van der Waals surface area contributed by atoms with E-state index in [1.165, 1.54) is 0 Å². The van der Waals surface area contributed by atoms with Crippen LogP contribution in [-0.4, -0.2) is 11.1 Å². The maximum Gasteiger partial charge on any atom is 0.305 e. The molecule has 0 radical (unpaired) electrons. The molecule has 2 atom stereocenters. The first kappa shape index (κ1) is 14.0. The average molecular weight is 256 g/mol. The highest BCUT2D eigenvalue weighted by atomic mass is 35.5. The number of hydrogen-bond donors (Lipinski definition) is 2. The van der Waals surface area contributed by atoms with Crippen molar-refractivity contribution in [3.8, 4) is 0 Å². The first-order valence-electron chi connectivity index (χ1n) is 5.72. The van der Waals surface area contributed by atoms with E-state index in [1.54, 1.807) is 6.07 Å². The monoisotopic (exact) mass is 255 g/mol. The molecule has 0 amide bonds. The van der Waals surface area contributed by atoms with Crippen molar-refractivity contribution in [2.45, 2.75) is 38.6 Å². The summed E-state index contributed by atoms with van der Waals surface area (Å²) in [7, 11) is 0. The first-order chi connectivity index (χ1) is 7.95. The van der Waals surface area contributed by atoms with Gasteiger partial charge in [0.25, 0.3) is 0 Å². The minimum atomic E-state index is -0.903. The molecule has 0 heterocycles. The SMILES string of the molecule is CCC(C)c1ccc(C(N)CC(=O)O)cc1Cl. The van der Waals surface area contributed by atoms with Gasteiger partial charge in [-0.3, -0.25) is 4.79 Å². The van der Waals surface area contributed by atoms with Gasteiger partial charge in [0.05, 0.1) is 6.42 Å². The van der Waals surface area contributed by atoms with E-state index in [4.69, 9.17) is 22.4 Å². The number of benzene rings is 1. The fraction of sp³-hybridized carbons (Fsp3) is 0.462. The number of rotatable bonds is 5. The number of nitrogens with two attached hydrogens (primary N) is 1. The molecular weight excluding hydrogens is 238 g/mol. The predicted molar refractivity (Wildman–Crippen MR) is 69.3 cm³/mol. The van der Waals surface area contributed by atoms with E-state index >= 15 is 0 Å². The maximum absolute atomic E-state index is 10.6. The Bertz CT molecular complexity index is 406. The number of hydrogen-bond acceptors (Lipinski definition) is 2. The van der Waals surface area contributed by atoms with Crippen molar-refractivity contribution in [3.05, 3.63) is 34.3 Å². The van der Waals surface area contributed by atoms with E-state index in [2.05, 4.69) is 13.8 Å². The highest BCUT2D eigenvalue weighted by Crippen LogP contribution is 2.29. The summed E-state index contributed by atoms with van der Waals surface area (Å²) >= 11 is 6.18. The summed E-state index contributed by atoms with van der Waals surface area (Å²) in [6, 6.07) is 5.07. The molecule has 0 fully saturated rings. The van der Waals surface area contributed by atoms with E-state index < -0.39 is 12.0 Å². The van der Waals surface area contributed by atoms with Gasteiger partial charge in [-0.1, -0.05) is 37.6 Å². The molecule has 0 aliphatic heterocycles. The van der Waals surface area contributed by atoms with Gasteiger partial charge in [-0.05, 0) is 29.5 Å². The Morgan fingerprint density at radius 2 is 2.18 bits per heavy atom. The summed E-state index contributed by atoms with van der Waals surface area (Å²) in [5, 5.41) is 9.35. The molecule has 0 saturated heterocycles. The van der Waals surface area contributed by atoms with Gasteiger partial charge in [-0.2, -0.15) is 0 Å². The second kappa shape index (κ2) is 6.03. The highest BCUT2D eigenvalue weighted by Gasteiger charge is 2.14. The Kier molecular flexibility index (Phi) is 4.97. The van der Waals surface area contributed by atoms with E-state index in [0.717, 1.165) is 17.5 Å². The van der Waals surface area contributed by atoms with Crippen LogP contribution in [0.15, 0.2) is 18.2 Å². The molecule has 2 unspecified atom stereocenters. The molecule has 1 rings (SSSR count). The Labute approximate surface area is 107 Å². The van der Waals surface area contributed by atoms with Crippen LogP contribution in [0.2, 0.25) is 5.02 Å². The lowest BCUT2D eigenvalue weighted by Crippen LogP contribution is -2.15. The summed E-state index contributed by atoms with van der Waals surface area (Å²) in [5.74, 6) is -0.508. The third-order valence-corrected chi connectivity index (χ3v) is 3.32. The minimum absolute atomic E-state index is 0.0843. The zero-order valence-electron chi connectivity index (χ0n) is 10.1. The second-order valence-electron chi connectivity index (χ2n) is 4.29. The van der Waals surface area contributed by atoms with Crippen LogP contribution < -0.4 is 5.73 Å². The van der Waals surface area contributed by atoms with Gasteiger partial charge in [-0.25, -0.2) is 0 Å². The van der Waals surface area contributed by atoms with Crippen LogP contribution in [0.1, 0.15) is 49.8 Å². The van der Waals surface area contributed by atoms with Crippen molar-refractivity contribution in [2.24, 2.45) is 5.73 Å². The fourth-order valence-electron chi connectivity index (χ4n) is 1.70. The molecule has 1 aromatic carbocycles. The first-order valence-corrected chi connectivity index (χ1v) is 6.10. The van der Waals surface area contributed by atoms with Crippen LogP contribution in [0.4, 0.5) is 0 Å². The summed E-state index contributed by atoms with van der Waals surface area (Å²) in [6.45, 7) is 4.21. The van der Waals surface area contributed by atoms with Gasteiger partial charge in [0, 0.05) is 11.1 Å². The zero-order chi connectivity index (χ0) is 13.0. The molecular formula is C13H18ClNO2. The third-order valence-electron chi connectivity index (χ3n) is 2.99. The molecule has 4 heteroatoms. The average Bonchev–Trinajstić information content (AvgIpc) is 2.27. The van der Waals surface area contributed by atoms with E-state index in [9.17, 15) is 4.79 Å². The van der Waals surface area contributed by atoms with E-state index in [-0.39, 0.29) is 6.42 Å². The molecule has 0 aliphatic carbocycles. The van der Waals surface area contributed by atoms with Crippen LogP contribution in [0.25, 0.3) is 0 Å². The van der Waals surface area contributed by atoms with Crippen molar-refractivity contribution in [3.63, 3.8) is 0 Å². The van der Waals surface area contributed by atoms with Gasteiger partial charge >= 0.3 is 5.97 Å². The van der Waals surface area contributed by atoms with Gasteiger partial charge in [-0.15, -0.1) is 0 Å². The predicted octanol–water partition coefficient (Wildman–Crippen LogP) is 3.33. The molecule has 0 aliphatic rings. The maximum atomic E-state index is 10.6. The summed E-state index contributed by atoms with van der Waals surface area (Å²) in [6.07, 6.45) is 0.930. The lowest BCUT2D eigenvalue weighted by atomic mass is 9.95. The van der Waals surface area contributed by atoms with Crippen LogP contribution in [-0.2, 0) is 4.79 Å². The molecule has 3 N–H and O–H groups in total. The lowest BCUT2D eigenvalue weighted by Gasteiger charge is -2.15. The van der Waals surface area contributed by atoms with Crippen molar-refractivity contribution in [2.75, 3.05) is 0 Å². The van der Waals surface area contributed by atoms with Gasteiger partial charge in [0.1, 0.15) is 0 Å². The number of carboxylic acids is 1. The van der Waals surface area contributed by atoms with Gasteiger partial charge < -0.3 is 10.8 Å². The number of halogens is 1. The van der Waals surface area contributed by atoms with Gasteiger partial charge in [0.2, 0.25) is 0 Å². The lowest BCUT2D eigenvalue weighted by molar-refractivity contribution is -0.137. The van der Waals surface area contributed by atoms with Crippen LogP contribution in [0.3, 0.4) is 0 Å². The highest BCUT2D eigenvalue weighted by molar-refractivity contribution is 6.31. The van der Waals surface area contributed by atoms with Crippen LogP contribution >= 0.6 is 11.6 Å². The molecule has 1 aromatic rings. The zero-order valence-corrected chi connectivity index (χ0v) is 10.9. The van der Waals surface area contributed by atoms with E-state index in [1.807, 2.05) is 12.1 Å². The summed E-state index contributed by atoms with van der Waals surface area (Å²) in [5.41, 5.74) is 7.64. The molecule has 0 bridgehead atoms. The quantitative estimate of drug-likeness (QED) is 0.848. The Morgan fingerprint density at radius 1 is 1.53 bits per heavy atom. The molecule has 0 saturated carbocycles. The number of aliphatic carboxylic acids is 1. The normalized spacial score (nSPS) is 14.4. The molecule has 17 heavy (non-hydrogen) atoms. The standard InChI is InChI=1S/C13H18ClNO2/c1-3-8(2)10-5-4-9(6-11(10)14)12(15)7-13(16)17/h4-6,8,12H,3,7,15H2,1-2H3,(H,16,17). The molecule has 0 aromatic heterocycles. The van der Waals surface area contributed by atoms with Crippen LogP contribution in [0.5, 0.6) is 0 Å². The van der Waals surface area contributed by atoms with Crippen LogP contribution in [0, 0.1) is 0 Å². The fourth-order valence-corrected chi connectivity index (χ4v) is 2.07. The molecule has 0 spiro atoms. The molecule has 3 nitrogen and oxygen atoms in total. The topological polar surface area (TPSA) is 63.3 Å². The van der Waals surface area contributed by atoms with Crippen molar-refractivity contribution in [1.82, 2.24) is 0 Å². The van der Waals surface area contributed by atoms with Crippen molar-refractivity contribution >= 4 is 17.6 Å². The smallest absolute Gasteiger partial charge is 0.305 e. The third kappa shape index (κ3) is 3.72. The number of carbonyl (C=O) groups is 1. The summed E-state index contributed by atoms with van der Waals surface area (Å²) in [4.78, 5) is 10.6. The second-order valence-corrected chi connectivity index (χ2v) is 4.70. The minimum Gasteiger partial charge on any atom is -0.481 e. The Morgan fingerprint density at radius 3 is 2.65 bits per heavy atom. The van der Waals surface area contributed by atoms with Crippen molar-refractivity contribution in [1.29, 1.82) is 0 Å². The van der Waals surface area contributed by atoms with Gasteiger partial charge in [0.15, 0.2) is 0 Å². The summed E-state index contributed by atoms with van der Waals surface area (Å²) < 4.78 is 0. The van der Waals surface area contributed by atoms with Crippen molar-refractivity contribution < 1.29 is 9.90 Å². The largest absolute Gasteiger partial charge is 0.481 e. The number of carboxylic acid groups (broad SMARTS) is 1. The Balaban J connectivity index is 2.92. The Hall–Kier alpha value is -1.06. The van der Waals surface area contributed by atoms with E-state index in [0.29, 0.717) is 10.9 Å². The molecule has 94 valence electrons.